The largest absolute Gasteiger partial charge is 0.497 e. The summed E-state index contributed by atoms with van der Waals surface area (Å²) in [6.45, 7) is 5.24. The minimum absolute atomic E-state index is 0.102. The van der Waals surface area contributed by atoms with Gasteiger partial charge in [0.1, 0.15) is 5.75 Å². The Balaban J connectivity index is 1.53. The molecule has 0 aliphatic carbocycles. The zero-order valence-corrected chi connectivity index (χ0v) is 16.6. The van der Waals surface area contributed by atoms with Crippen LogP contribution in [0, 0.1) is 13.8 Å². The van der Waals surface area contributed by atoms with E-state index in [1.54, 1.807) is 13.2 Å². The van der Waals surface area contributed by atoms with Crippen molar-refractivity contribution >= 4 is 28.4 Å². The van der Waals surface area contributed by atoms with Gasteiger partial charge in [-0.05, 0) is 60.2 Å². The van der Waals surface area contributed by atoms with Gasteiger partial charge in [-0.25, -0.2) is 0 Å². The van der Waals surface area contributed by atoms with Crippen molar-refractivity contribution < 1.29 is 9.53 Å². The van der Waals surface area contributed by atoms with Gasteiger partial charge < -0.3 is 15.4 Å². The topological polar surface area (TPSA) is 50.4 Å². The van der Waals surface area contributed by atoms with Crippen molar-refractivity contribution in [2.75, 3.05) is 25.5 Å². The number of methoxy groups -OCH3 is 1. The van der Waals surface area contributed by atoms with Gasteiger partial charge in [-0.3, -0.25) is 4.79 Å². The van der Waals surface area contributed by atoms with Crippen LogP contribution >= 0.6 is 0 Å². The molecular weight excluding hydrogens is 348 g/mol. The molecule has 0 saturated carbocycles. The van der Waals surface area contributed by atoms with Gasteiger partial charge in [0.05, 0.1) is 7.11 Å². The molecule has 0 spiro atoms. The Kier molecular flexibility index (Phi) is 6.33. The van der Waals surface area contributed by atoms with Gasteiger partial charge in [-0.15, -0.1) is 0 Å². The Labute approximate surface area is 166 Å². The molecule has 1 amide bonds. The summed E-state index contributed by atoms with van der Waals surface area (Å²) in [5.74, 6) is 0.727. The zero-order chi connectivity index (χ0) is 19.9. The van der Waals surface area contributed by atoms with E-state index in [0.717, 1.165) is 28.1 Å². The quantitative estimate of drug-likeness (QED) is 0.465. The third kappa shape index (κ3) is 4.71. The summed E-state index contributed by atoms with van der Waals surface area (Å²) < 4.78 is 5.27. The number of amides is 1. The molecule has 2 N–H and O–H groups in total. The normalized spacial score (nSPS) is 11.0. The van der Waals surface area contributed by atoms with Crippen molar-refractivity contribution in [1.29, 1.82) is 0 Å². The number of ether oxygens (including phenoxy) is 1. The highest BCUT2D eigenvalue weighted by molar-refractivity contribution is 5.94. The summed E-state index contributed by atoms with van der Waals surface area (Å²) in [7, 11) is 1.66. The molecule has 3 rings (SSSR count). The maximum Gasteiger partial charge on any atom is 0.244 e. The molecule has 0 unspecified atom stereocenters. The van der Waals surface area contributed by atoms with Crippen LogP contribution in [0.1, 0.15) is 16.7 Å². The third-order valence-electron chi connectivity index (χ3n) is 4.73. The van der Waals surface area contributed by atoms with Gasteiger partial charge in [-0.1, -0.05) is 36.4 Å². The predicted molar refractivity (Wildman–Crippen MR) is 117 cm³/mol. The number of aryl methyl sites for hydroxylation is 2. The predicted octanol–water partition coefficient (Wildman–Crippen LogP) is 4.71. The van der Waals surface area contributed by atoms with E-state index in [1.165, 1.54) is 10.8 Å². The fraction of sp³-hybridized carbons (Fsp3) is 0.208. The second-order valence-corrected chi connectivity index (χ2v) is 6.75. The number of rotatable bonds is 7. The monoisotopic (exact) mass is 374 g/mol. The lowest BCUT2D eigenvalue weighted by atomic mass is 10.0. The van der Waals surface area contributed by atoms with Crippen LogP contribution in [0.3, 0.4) is 0 Å². The standard InChI is InChI=1S/C24H26N2O2/c1-17-15-20(28-3)16-18(2)21(17)11-12-24(27)26-14-13-25-23-10-6-8-19-7-4-5-9-22(19)23/h4-12,15-16,25H,13-14H2,1-3H3,(H,26,27)/b12-11+. The molecule has 0 bridgehead atoms. The number of hydrogen-bond donors (Lipinski definition) is 2. The number of carbonyl (C=O) groups excluding carboxylic acids is 1. The summed E-state index contributed by atoms with van der Waals surface area (Å²) in [5, 5.41) is 8.70. The first-order valence-electron chi connectivity index (χ1n) is 9.41. The van der Waals surface area contributed by atoms with E-state index in [1.807, 2.05) is 50.3 Å². The lowest BCUT2D eigenvalue weighted by Gasteiger charge is -2.10. The highest BCUT2D eigenvalue weighted by atomic mass is 16.5. The van der Waals surface area contributed by atoms with Crippen molar-refractivity contribution in [3.63, 3.8) is 0 Å². The van der Waals surface area contributed by atoms with Gasteiger partial charge in [-0.2, -0.15) is 0 Å². The second kappa shape index (κ2) is 9.09. The molecule has 0 saturated heterocycles. The van der Waals surface area contributed by atoms with Gasteiger partial charge in [0, 0.05) is 30.2 Å². The molecule has 28 heavy (non-hydrogen) atoms. The molecule has 0 heterocycles. The highest BCUT2D eigenvalue weighted by Crippen LogP contribution is 2.23. The Morgan fingerprint density at radius 3 is 2.46 bits per heavy atom. The first-order chi connectivity index (χ1) is 13.6. The van der Waals surface area contributed by atoms with Crippen LogP contribution in [0.5, 0.6) is 5.75 Å². The van der Waals surface area contributed by atoms with E-state index in [2.05, 4.69) is 34.9 Å². The molecule has 4 heteroatoms. The number of nitrogens with one attached hydrogen (secondary N) is 2. The summed E-state index contributed by atoms with van der Waals surface area (Å²) >= 11 is 0. The molecule has 3 aromatic rings. The summed E-state index contributed by atoms with van der Waals surface area (Å²) in [6, 6.07) is 18.4. The van der Waals surface area contributed by atoms with E-state index in [4.69, 9.17) is 4.74 Å². The van der Waals surface area contributed by atoms with E-state index in [9.17, 15) is 4.79 Å². The lowest BCUT2D eigenvalue weighted by molar-refractivity contribution is -0.116. The smallest absolute Gasteiger partial charge is 0.244 e. The van der Waals surface area contributed by atoms with Crippen LogP contribution < -0.4 is 15.4 Å². The summed E-state index contributed by atoms with van der Waals surface area (Å²) in [4.78, 5) is 12.1. The Morgan fingerprint density at radius 2 is 1.71 bits per heavy atom. The Morgan fingerprint density at radius 1 is 1.00 bits per heavy atom. The van der Waals surface area contributed by atoms with Crippen LogP contribution in [0.4, 0.5) is 5.69 Å². The molecule has 0 aromatic heterocycles. The van der Waals surface area contributed by atoms with Crippen molar-refractivity contribution in [3.8, 4) is 5.75 Å². The number of anilines is 1. The summed E-state index contributed by atoms with van der Waals surface area (Å²) in [6.07, 6.45) is 3.44. The minimum atomic E-state index is -0.102. The zero-order valence-electron chi connectivity index (χ0n) is 16.6. The SMILES string of the molecule is COc1cc(C)c(/C=C/C(=O)NCCNc2cccc3ccccc23)c(C)c1. The fourth-order valence-corrected chi connectivity index (χ4v) is 3.30. The van der Waals surface area contributed by atoms with Crippen molar-refractivity contribution in [3.05, 3.63) is 77.4 Å². The van der Waals surface area contributed by atoms with Crippen LogP contribution in [0.15, 0.2) is 60.7 Å². The first kappa shape index (κ1) is 19.5. The van der Waals surface area contributed by atoms with Gasteiger partial charge in [0.25, 0.3) is 0 Å². The van der Waals surface area contributed by atoms with Gasteiger partial charge >= 0.3 is 0 Å². The van der Waals surface area contributed by atoms with Crippen LogP contribution in [-0.4, -0.2) is 26.1 Å². The van der Waals surface area contributed by atoms with E-state index in [-0.39, 0.29) is 5.91 Å². The molecule has 0 aliphatic heterocycles. The van der Waals surface area contributed by atoms with Crippen molar-refractivity contribution in [2.45, 2.75) is 13.8 Å². The molecule has 0 radical (unpaired) electrons. The van der Waals surface area contributed by atoms with E-state index in [0.29, 0.717) is 13.1 Å². The molecule has 4 nitrogen and oxygen atoms in total. The van der Waals surface area contributed by atoms with Gasteiger partial charge in [0.15, 0.2) is 0 Å². The van der Waals surface area contributed by atoms with Crippen LogP contribution in [0.25, 0.3) is 16.8 Å². The van der Waals surface area contributed by atoms with Gasteiger partial charge in [0.2, 0.25) is 5.91 Å². The molecule has 144 valence electrons. The maximum atomic E-state index is 12.1. The molecule has 0 atom stereocenters. The third-order valence-corrected chi connectivity index (χ3v) is 4.73. The number of fused-ring (bicyclic) bond motifs is 1. The lowest BCUT2D eigenvalue weighted by Crippen LogP contribution is -2.27. The van der Waals surface area contributed by atoms with E-state index >= 15 is 0 Å². The Hall–Kier alpha value is -3.27. The van der Waals surface area contributed by atoms with Crippen molar-refractivity contribution in [2.24, 2.45) is 0 Å². The maximum absolute atomic E-state index is 12.1. The van der Waals surface area contributed by atoms with Crippen LogP contribution in [-0.2, 0) is 4.79 Å². The number of hydrogen-bond acceptors (Lipinski definition) is 3. The second-order valence-electron chi connectivity index (χ2n) is 6.75. The molecule has 0 fully saturated rings. The van der Waals surface area contributed by atoms with Crippen molar-refractivity contribution in [1.82, 2.24) is 5.32 Å². The van der Waals surface area contributed by atoms with Crippen LogP contribution in [0.2, 0.25) is 0 Å². The molecule has 3 aromatic carbocycles. The summed E-state index contributed by atoms with van der Waals surface area (Å²) in [5.41, 5.74) is 4.29. The fourth-order valence-electron chi connectivity index (χ4n) is 3.30. The Bertz CT molecular complexity index is 980. The highest BCUT2D eigenvalue weighted by Gasteiger charge is 2.04. The minimum Gasteiger partial charge on any atom is -0.497 e. The average molecular weight is 374 g/mol. The molecule has 0 aliphatic rings. The first-order valence-corrected chi connectivity index (χ1v) is 9.41. The number of carbonyl (C=O) groups is 1. The number of benzene rings is 3. The average Bonchev–Trinajstić information content (AvgIpc) is 2.70. The molecular formula is C24H26N2O2. The van der Waals surface area contributed by atoms with E-state index < -0.39 is 0 Å².